The van der Waals surface area contributed by atoms with Crippen molar-refractivity contribution in [1.29, 1.82) is 0 Å². The summed E-state index contributed by atoms with van der Waals surface area (Å²) in [6, 6.07) is 17.0. The summed E-state index contributed by atoms with van der Waals surface area (Å²) < 4.78 is 0. The van der Waals surface area contributed by atoms with Crippen molar-refractivity contribution >= 4 is 28.2 Å². The van der Waals surface area contributed by atoms with Gasteiger partial charge in [-0.05, 0) is 30.7 Å². The molecule has 3 rings (SSSR count). The van der Waals surface area contributed by atoms with Crippen LogP contribution in [-0.4, -0.2) is 10.9 Å². The SMILES string of the molecule is Cc1cc(NC(=O)Cc2ccccc2N)c2ccccc2n1. The molecular formula is C18H17N3O. The van der Waals surface area contributed by atoms with E-state index in [-0.39, 0.29) is 12.3 Å². The van der Waals surface area contributed by atoms with Crippen LogP contribution in [0, 0.1) is 6.92 Å². The summed E-state index contributed by atoms with van der Waals surface area (Å²) >= 11 is 0. The first-order valence-electron chi connectivity index (χ1n) is 7.13. The van der Waals surface area contributed by atoms with Crippen LogP contribution in [0.5, 0.6) is 0 Å². The van der Waals surface area contributed by atoms with E-state index in [1.807, 2.05) is 55.5 Å². The number of rotatable bonds is 3. The third kappa shape index (κ3) is 2.91. The van der Waals surface area contributed by atoms with Crippen LogP contribution in [0.3, 0.4) is 0 Å². The highest BCUT2D eigenvalue weighted by atomic mass is 16.1. The minimum atomic E-state index is -0.0892. The van der Waals surface area contributed by atoms with Gasteiger partial charge < -0.3 is 11.1 Å². The minimum Gasteiger partial charge on any atom is -0.398 e. The number of nitrogens with two attached hydrogens (primary N) is 1. The van der Waals surface area contributed by atoms with Gasteiger partial charge in [0.25, 0.3) is 0 Å². The van der Waals surface area contributed by atoms with Crippen molar-refractivity contribution in [2.75, 3.05) is 11.1 Å². The van der Waals surface area contributed by atoms with Gasteiger partial charge in [-0.2, -0.15) is 0 Å². The zero-order chi connectivity index (χ0) is 15.5. The van der Waals surface area contributed by atoms with Gasteiger partial charge in [-0.1, -0.05) is 36.4 Å². The Morgan fingerprint density at radius 2 is 1.86 bits per heavy atom. The summed E-state index contributed by atoms with van der Waals surface area (Å²) in [6.45, 7) is 1.91. The molecule has 0 saturated carbocycles. The van der Waals surface area contributed by atoms with Gasteiger partial charge in [0.05, 0.1) is 17.6 Å². The van der Waals surface area contributed by atoms with Crippen molar-refractivity contribution in [2.45, 2.75) is 13.3 Å². The second kappa shape index (κ2) is 5.85. The number of hydrogen-bond acceptors (Lipinski definition) is 3. The van der Waals surface area contributed by atoms with Crippen LogP contribution >= 0.6 is 0 Å². The van der Waals surface area contributed by atoms with Gasteiger partial charge in [0, 0.05) is 16.8 Å². The highest BCUT2D eigenvalue weighted by Gasteiger charge is 2.09. The van der Waals surface area contributed by atoms with Crippen LogP contribution in [0.15, 0.2) is 54.6 Å². The quantitative estimate of drug-likeness (QED) is 0.727. The average molecular weight is 291 g/mol. The average Bonchev–Trinajstić information content (AvgIpc) is 2.49. The van der Waals surface area contributed by atoms with Gasteiger partial charge in [0.1, 0.15) is 0 Å². The number of aryl methyl sites for hydroxylation is 1. The lowest BCUT2D eigenvalue weighted by Gasteiger charge is -2.10. The number of anilines is 2. The molecule has 4 heteroatoms. The number of pyridine rings is 1. The highest BCUT2D eigenvalue weighted by Crippen LogP contribution is 2.23. The molecule has 0 aliphatic rings. The molecule has 3 N–H and O–H groups in total. The van der Waals surface area contributed by atoms with E-state index in [1.165, 1.54) is 0 Å². The second-order valence-electron chi connectivity index (χ2n) is 5.25. The van der Waals surface area contributed by atoms with Crippen molar-refractivity contribution in [3.05, 3.63) is 65.9 Å². The van der Waals surface area contributed by atoms with Crippen LogP contribution in [0.4, 0.5) is 11.4 Å². The summed E-state index contributed by atoms with van der Waals surface area (Å²) in [5.74, 6) is -0.0892. The van der Waals surface area contributed by atoms with Gasteiger partial charge in [-0.15, -0.1) is 0 Å². The van der Waals surface area contributed by atoms with Crippen molar-refractivity contribution in [3.63, 3.8) is 0 Å². The van der Waals surface area contributed by atoms with Crippen LogP contribution < -0.4 is 11.1 Å². The Kier molecular flexibility index (Phi) is 3.74. The fourth-order valence-electron chi connectivity index (χ4n) is 2.47. The maximum absolute atomic E-state index is 12.3. The van der Waals surface area contributed by atoms with E-state index in [0.29, 0.717) is 5.69 Å². The molecule has 4 nitrogen and oxygen atoms in total. The third-order valence-electron chi connectivity index (χ3n) is 3.52. The second-order valence-corrected chi connectivity index (χ2v) is 5.25. The maximum atomic E-state index is 12.3. The Labute approximate surface area is 129 Å². The summed E-state index contributed by atoms with van der Waals surface area (Å²) in [6.07, 6.45) is 0.252. The zero-order valence-corrected chi connectivity index (χ0v) is 12.3. The van der Waals surface area contributed by atoms with Gasteiger partial charge in [-0.3, -0.25) is 9.78 Å². The standard InChI is InChI=1S/C18H17N3O/c1-12-10-17(14-7-3-5-9-16(14)20-12)21-18(22)11-13-6-2-4-8-15(13)19/h2-10H,11,19H2,1H3,(H,20,21,22). The number of para-hydroxylation sites is 2. The number of carbonyl (C=O) groups is 1. The first-order valence-corrected chi connectivity index (χ1v) is 7.13. The Morgan fingerprint density at radius 3 is 2.68 bits per heavy atom. The van der Waals surface area contributed by atoms with Gasteiger partial charge >= 0.3 is 0 Å². The predicted octanol–water partition coefficient (Wildman–Crippen LogP) is 3.31. The van der Waals surface area contributed by atoms with Gasteiger partial charge in [0.2, 0.25) is 5.91 Å². The van der Waals surface area contributed by atoms with Crippen LogP contribution in [0.25, 0.3) is 10.9 Å². The Bertz CT molecular complexity index is 843. The van der Waals surface area contributed by atoms with E-state index in [2.05, 4.69) is 10.3 Å². The van der Waals surface area contributed by atoms with Crippen molar-refractivity contribution in [2.24, 2.45) is 0 Å². The highest BCUT2D eigenvalue weighted by molar-refractivity contribution is 6.01. The number of nitrogens with one attached hydrogen (secondary N) is 1. The number of aromatic nitrogens is 1. The van der Waals surface area contributed by atoms with E-state index < -0.39 is 0 Å². The van der Waals surface area contributed by atoms with Crippen LogP contribution in [0.2, 0.25) is 0 Å². The number of amides is 1. The van der Waals surface area contributed by atoms with E-state index in [4.69, 9.17) is 5.73 Å². The lowest BCUT2D eigenvalue weighted by Crippen LogP contribution is -2.15. The number of nitrogens with zero attached hydrogens (tertiary/aromatic N) is 1. The normalized spacial score (nSPS) is 10.6. The Morgan fingerprint density at radius 1 is 1.14 bits per heavy atom. The first kappa shape index (κ1) is 14.1. The lowest BCUT2D eigenvalue weighted by molar-refractivity contribution is -0.115. The number of nitrogen functional groups attached to an aromatic ring is 1. The molecule has 1 aromatic heterocycles. The molecule has 0 aliphatic carbocycles. The number of fused-ring (bicyclic) bond motifs is 1. The Balaban J connectivity index is 1.87. The number of carbonyl (C=O) groups excluding carboxylic acids is 1. The molecule has 0 aliphatic heterocycles. The van der Waals surface area contributed by atoms with Gasteiger partial charge in [-0.25, -0.2) is 0 Å². The van der Waals surface area contributed by atoms with E-state index in [1.54, 1.807) is 6.07 Å². The molecule has 0 atom stereocenters. The van der Waals surface area contributed by atoms with Crippen molar-refractivity contribution in [1.82, 2.24) is 4.98 Å². The molecular weight excluding hydrogens is 274 g/mol. The van der Waals surface area contributed by atoms with E-state index in [0.717, 1.165) is 27.8 Å². The van der Waals surface area contributed by atoms with E-state index in [9.17, 15) is 4.79 Å². The molecule has 1 heterocycles. The monoisotopic (exact) mass is 291 g/mol. The molecule has 0 spiro atoms. The molecule has 2 aromatic carbocycles. The molecule has 0 saturated heterocycles. The fourth-order valence-corrected chi connectivity index (χ4v) is 2.47. The lowest BCUT2D eigenvalue weighted by atomic mass is 10.1. The zero-order valence-electron chi connectivity index (χ0n) is 12.3. The molecule has 110 valence electrons. The maximum Gasteiger partial charge on any atom is 0.228 e. The largest absolute Gasteiger partial charge is 0.398 e. The van der Waals surface area contributed by atoms with Crippen LogP contribution in [0.1, 0.15) is 11.3 Å². The molecule has 0 bridgehead atoms. The van der Waals surface area contributed by atoms with Crippen molar-refractivity contribution in [3.8, 4) is 0 Å². The van der Waals surface area contributed by atoms with E-state index >= 15 is 0 Å². The van der Waals surface area contributed by atoms with Gasteiger partial charge in [0.15, 0.2) is 0 Å². The topological polar surface area (TPSA) is 68.0 Å². The summed E-state index contributed by atoms with van der Waals surface area (Å²) in [5, 5.41) is 3.90. The first-order chi connectivity index (χ1) is 10.6. The smallest absolute Gasteiger partial charge is 0.228 e. The summed E-state index contributed by atoms with van der Waals surface area (Å²) in [7, 11) is 0. The van der Waals surface area contributed by atoms with Crippen molar-refractivity contribution < 1.29 is 4.79 Å². The molecule has 22 heavy (non-hydrogen) atoms. The summed E-state index contributed by atoms with van der Waals surface area (Å²) in [4.78, 5) is 16.8. The number of hydrogen-bond donors (Lipinski definition) is 2. The molecule has 0 unspecified atom stereocenters. The molecule has 0 fully saturated rings. The summed E-state index contributed by atoms with van der Waals surface area (Å²) in [5.41, 5.74) is 9.87. The third-order valence-corrected chi connectivity index (χ3v) is 3.52. The number of benzene rings is 2. The minimum absolute atomic E-state index is 0.0892. The molecule has 3 aromatic rings. The molecule has 1 amide bonds. The Hall–Kier alpha value is -2.88. The van der Waals surface area contributed by atoms with Crippen LogP contribution in [-0.2, 0) is 11.2 Å². The fraction of sp³-hybridized carbons (Fsp3) is 0.111. The predicted molar refractivity (Wildman–Crippen MR) is 89.7 cm³/mol. The molecule has 0 radical (unpaired) electrons.